The van der Waals surface area contributed by atoms with Gasteiger partial charge >= 0.3 is 0 Å². The molecule has 0 aliphatic rings. The van der Waals surface area contributed by atoms with Gasteiger partial charge in [-0.25, -0.2) is 0 Å². The van der Waals surface area contributed by atoms with Gasteiger partial charge in [-0.1, -0.05) is 54.1 Å². The number of nitrogens with zero attached hydrogens (tertiary/aromatic N) is 2. The van der Waals surface area contributed by atoms with Crippen molar-refractivity contribution < 1.29 is 9.59 Å². The number of aromatic nitrogens is 2. The molecule has 0 saturated carbocycles. The van der Waals surface area contributed by atoms with Crippen LogP contribution in [0.1, 0.15) is 27.2 Å². The van der Waals surface area contributed by atoms with E-state index in [-0.39, 0.29) is 11.7 Å². The molecule has 0 aliphatic heterocycles. The molecule has 0 fully saturated rings. The largest absolute Gasteiger partial charge is 0.322 e. The molecule has 0 unspecified atom stereocenters. The van der Waals surface area contributed by atoms with Crippen LogP contribution in [0.25, 0.3) is 6.08 Å². The first-order valence-electron chi connectivity index (χ1n) is 8.33. The molecule has 0 atom stereocenters. The van der Waals surface area contributed by atoms with Crippen LogP contribution in [0.5, 0.6) is 0 Å². The van der Waals surface area contributed by atoms with Gasteiger partial charge in [0.1, 0.15) is 5.15 Å². The molecular formula is C21H18ClN3O2. The Bertz CT molecular complexity index is 1020. The summed E-state index contributed by atoms with van der Waals surface area (Å²) in [7, 11) is 1.74. The lowest BCUT2D eigenvalue weighted by atomic mass is 10.0. The van der Waals surface area contributed by atoms with E-state index >= 15 is 0 Å². The number of halogens is 1. The zero-order valence-corrected chi connectivity index (χ0v) is 15.7. The van der Waals surface area contributed by atoms with Crippen molar-refractivity contribution in [3.8, 4) is 0 Å². The maximum atomic E-state index is 12.5. The van der Waals surface area contributed by atoms with Crippen LogP contribution in [0.2, 0.25) is 5.15 Å². The summed E-state index contributed by atoms with van der Waals surface area (Å²) in [5.41, 5.74) is 3.08. The standard InChI is InChI=1S/C21H18ClN3O2/c1-14-18(21(22)25(2)24-14)11-12-19(26)23-17-10-6-9-16(13-17)20(27)15-7-4-3-5-8-15/h3-13H,1-2H3,(H,23,26)/b12-11+. The second-order valence-electron chi connectivity index (χ2n) is 6.01. The number of amides is 1. The number of benzene rings is 2. The molecule has 6 heteroatoms. The average Bonchev–Trinajstić information content (AvgIpc) is 2.92. The second kappa shape index (κ2) is 8.01. The molecule has 3 rings (SSSR count). The molecule has 1 heterocycles. The number of carbonyl (C=O) groups is 2. The molecule has 136 valence electrons. The fourth-order valence-electron chi connectivity index (χ4n) is 2.67. The third-order valence-electron chi connectivity index (χ3n) is 4.03. The van der Waals surface area contributed by atoms with E-state index in [1.807, 2.05) is 25.1 Å². The summed E-state index contributed by atoms with van der Waals surface area (Å²) in [5.74, 6) is -0.418. The van der Waals surface area contributed by atoms with Crippen LogP contribution in [0.4, 0.5) is 5.69 Å². The Morgan fingerprint density at radius 1 is 1.07 bits per heavy atom. The molecule has 0 spiro atoms. The van der Waals surface area contributed by atoms with E-state index in [1.165, 1.54) is 6.08 Å². The van der Waals surface area contributed by atoms with E-state index < -0.39 is 0 Å². The summed E-state index contributed by atoms with van der Waals surface area (Å²) < 4.78 is 1.55. The molecule has 0 radical (unpaired) electrons. The van der Waals surface area contributed by atoms with Crippen molar-refractivity contribution in [2.75, 3.05) is 5.32 Å². The Morgan fingerprint density at radius 3 is 2.44 bits per heavy atom. The summed E-state index contributed by atoms with van der Waals surface area (Å²) in [5, 5.41) is 7.42. The van der Waals surface area contributed by atoms with Gasteiger partial charge in [0.25, 0.3) is 0 Å². The van der Waals surface area contributed by atoms with E-state index in [9.17, 15) is 9.59 Å². The monoisotopic (exact) mass is 379 g/mol. The number of ketones is 1. The van der Waals surface area contributed by atoms with Crippen molar-refractivity contribution in [1.29, 1.82) is 0 Å². The van der Waals surface area contributed by atoms with E-state index in [2.05, 4.69) is 10.4 Å². The molecule has 5 nitrogen and oxygen atoms in total. The molecular weight excluding hydrogens is 362 g/mol. The number of carbonyl (C=O) groups excluding carboxylic acids is 2. The first kappa shape index (κ1) is 18.6. The quantitative estimate of drug-likeness (QED) is 0.532. The van der Waals surface area contributed by atoms with Crippen LogP contribution in [-0.4, -0.2) is 21.5 Å². The molecule has 1 aromatic heterocycles. The Balaban J connectivity index is 1.73. The molecule has 0 saturated heterocycles. The van der Waals surface area contributed by atoms with E-state index in [0.29, 0.717) is 27.5 Å². The van der Waals surface area contributed by atoms with Crippen molar-refractivity contribution >= 4 is 35.1 Å². The van der Waals surface area contributed by atoms with E-state index in [1.54, 1.807) is 54.2 Å². The minimum Gasteiger partial charge on any atom is -0.322 e. The molecule has 1 amide bonds. The lowest BCUT2D eigenvalue weighted by Gasteiger charge is -2.05. The third-order valence-corrected chi connectivity index (χ3v) is 4.47. The predicted molar refractivity (Wildman–Crippen MR) is 107 cm³/mol. The fourth-order valence-corrected chi connectivity index (χ4v) is 2.91. The Labute approximate surface area is 162 Å². The van der Waals surface area contributed by atoms with E-state index in [0.717, 1.165) is 5.69 Å². The number of aryl methyl sites for hydroxylation is 2. The highest BCUT2D eigenvalue weighted by molar-refractivity contribution is 6.31. The van der Waals surface area contributed by atoms with Crippen LogP contribution in [0, 0.1) is 6.92 Å². The van der Waals surface area contributed by atoms with Crippen molar-refractivity contribution in [2.45, 2.75) is 6.92 Å². The van der Waals surface area contributed by atoms with Crippen molar-refractivity contribution in [2.24, 2.45) is 7.05 Å². The van der Waals surface area contributed by atoms with Crippen molar-refractivity contribution in [3.63, 3.8) is 0 Å². The smallest absolute Gasteiger partial charge is 0.248 e. The van der Waals surface area contributed by atoms with Gasteiger partial charge in [0, 0.05) is 35.5 Å². The molecule has 27 heavy (non-hydrogen) atoms. The third kappa shape index (κ3) is 4.33. The molecule has 0 bridgehead atoms. The van der Waals surface area contributed by atoms with Crippen LogP contribution >= 0.6 is 11.6 Å². The maximum Gasteiger partial charge on any atom is 0.248 e. The van der Waals surface area contributed by atoms with Gasteiger partial charge < -0.3 is 5.32 Å². The fraction of sp³-hybridized carbons (Fsp3) is 0.0952. The minimum absolute atomic E-state index is 0.0972. The lowest BCUT2D eigenvalue weighted by Crippen LogP contribution is -2.09. The first-order valence-corrected chi connectivity index (χ1v) is 8.71. The average molecular weight is 380 g/mol. The maximum absolute atomic E-state index is 12.5. The second-order valence-corrected chi connectivity index (χ2v) is 6.37. The van der Waals surface area contributed by atoms with Crippen LogP contribution < -0.4 is 5.32 Å². The molecule has 2 aromatic carbocycles. The van der Waals surface area contributed by atoms with Crippen LogP contribution in [-0.2, 0) is 11.8 Å². The zero-order chi connectivity index (χ0) is 19.4. The summed E-state index contributed by atoms with van der Waals surface area (Å²) in [4.78, 5) is 24.7. The van der Waals surface area contributed by atoms with Gasteiger partial charge in [0.2, 0.25) is 5.91 Å². The SMILES string of the molecule is Cc1nn(C)c(Cl)c1/C=C/C(=O)Nc1cccc(C(=O)c2ccccc2)c1. The van der Waals surface area contributed by atoms with Gasteiger partial charge in [0.05, 0.1) is 5.69 Å². The van der Waals surface area contributed by atoms with Crippen LogP contribution in [0.3, 0.4) is 0 Å². The molecule has 3 aromatic rings. The van der Waals surface area contributed by atoms with E-state index in [4.69, 9.17) is 11.6 Å². The van der Waals surface area contributed by atoms with Gasteiger partial charge in [-0.2, -0.15) is 5.10 Å². The zero-order valence-electron chi connectivity index (χ0n) is 14.9. The normalized spacial score (nSPS) is 10.9. The van der Waals surface area contributed by atoms with Crippen molar-refractivity contribution in [3.05, 3.63) is 88.2 Å². The Morgan fingerprint density at radius 2 is 1.78 bits per heavy atom. The number of hydrogen-bond acceptors (Lipinski definition) is 3. The molecule has 0 aliphatic carbocycles. The topological polar surface area (TPSA) is 64.0 Å². The number of rotatable bonds is 5. The molecule has 1 N–H and O–H groups in total. The van der Waals surface area contributed by atoms with Gasteiger partial charge in [0.15, 0.2) is 5.78 Å². The number of nitrogens with one attached hydrogen (secondary N) is 1. The summed E-state index contributed by atoms with van der Waals surface area (Å²) >= 11 is 6.15. The van der Waals surface area contributed by atoms with Crippen molar-refractivity contribution in [1.82, 2.24) is 9.78 Å². The van der Waals surface area contributed by atoms with Crippen LogP contribution in [0.15, 0.2) is 60.7 Å². The lowest BCUT2D eigenvalue weighted by molar-refractivity contribution is -0.111. The Hall–Kier alpha value is -3.18. The minimum atomic E-state index is -0.321. The highest BCUT2D eigenvalue weighted by atomic mass is 35.5. The predicted octanol–water partition coefficient (Wildman–Crippen LogP) is 4.26. The number of anilines is 1. The van der Waals surface area contributed by atoms with Gasteiger partial charge in [-0.3, -0.25) is 14.3 Å². The highest BCUT2D eigenvalue weighted by Gasteiger charge is 2.11. The summed E-state index contributed by atoms with van der Waals surface area (Å²) in [6, 6.07) is 15.9. The summed E-state index contributed by atoms with van der Waals surface area (Å²) in [6.45, 7) is 1.82. The van der Waals surface area contributed by atoms with Gasteiger partial charge in [-0.15, -0.1) is 0 Å². The summed E-state index contributed by atoms with van der Waals surface area (Å²) in [6.07, 6.45) is 3.01. The van der Waals surface area contributed by atoms with Gasteiger partial charge in [-0.05, 0) is 25.1 Å². The number of hydrogen-bond donors (Lipinski definition) is 1. The first-order chi connectivity index (χ1) is 13.0. The highest BCUT2D eigenvalue weighted by Crippen LogP contribution is 2.20. The Kier molecular flexibility index (Phi) is 5.52.